The third-order valence-corrected chi connectivity index (χ3v) is 9.87. The number of nitrogens with zero attached hydrogens (tertiary/aromatic N) is 5. The number of aromatic nitrogens is 1. The number of nitrogens with one attached hydrogen (secondary N) is 2. The number of anilines is 1. The molecule has 0 spiro atoms. The van der Waals surface area contributed by atoms with E-state index in [0.29, 0.717) is 104 Å². The zero-order valence-corrected chi connectivity index (χ0v) is 34.1. The topological polar surface area (TPSA) is 207 Å². The van der Waals surface area contributed by atoms with Crippen molar-refractivity contribution in [2.75, 3.05) is 84.4 Å². The van der Waals surface area contributed by atoms with Gasteiger partial charge in [-0.1, -0.05) is 59.7 Å². The average Bonchev–Trinajstić information content (AvgIpc) is 3.76. The van der Waals surface area contributed by atoms with Gasteiger partial charge in [-0.25, -0.2) is 4.98 Å². The number of amides is 2. The number of carboxylic acids is 1. The molecule has 0 radical (unpaired) electrons. The Bertz CT molecular complexity index is 2030. The molecule has 1 aliphatic rings. The van der Waals surface area contributed by atoms with Gasteiger partial charge in [0.1, 0.15) is 24.2 Å². The summed E-state index contributed by atoms with van der Waals surface area (Å²) in [5.74, 6) is 0.00123. The van der Waals surface area contributed by atoms with Crippen LogP contribution < -0.4 is 15.4 Å². The Balaban J connectivity index is 1.08. The number of ether oxygens (including phenoxy) is 5. The summed E-state index contributed by atoms with van der Waals surface area (Å²) in [5, 5.41) is 21.3. The fraction of sp³-hybridized carbons (Fsp3) is 0.455. The molecular formula is C44H55N7O9. The molecule has 1 saturated heterocycles. The number of hydrogen-bond acceptors (Lipinski definition) is 11. The minimum absolute atomic E-state index is 0.0940. The molecule has 0 saturated carbocycles. The Morgan fingerprint density at radius 1 is 0.900 bits per heavy atom. The number of benzene rings is 3. The normalized spacial score (nSPS) is 14.1. The molecule has 1 fully saturated rings. The maximum atomic E-state index is 13.6. The predicted octanol–water partition coefficient (Wildman–Crippen LogP) is 6.48. The van der Waals surface area contributed by atoms with E-state index in [1.54, 1.807) is 11.1 Å². The summed E-state index contributed by atoms with van der Waals surface area (Å²) < 4.78 is 28.0. The van der Waals surface area contributed by atoms with Crippen molar-refractivity contribution in [1.29, 1.82) is 0 Å². The highest BCUT2D eigenvalue weighted by Gasteiger charge is 2.35. The van der Waals surface area contributed by atoms with Crippen LogP contribution in [-0.2, 0) is 33.3 Å². The molecule has 0 unspecified atom stereocenters. The van der Waals surface area contributed by atoms with Crippen LogP contribution in [0.3, 0.4) is 0 Å². The van der Waals surface area contributed by atoms with Crippen LogP contribution >= 0.6 is 0 Å². The van der Waals surface area contributed by atoms with E-state index in [9.17, 15) is 19.5 Å². The van der Waals surface area contributed by atoms with Gasteiger partial charge in [-0.2, -0.15) is 0 Å². The van der Waals surface area contributed by atoms with Crippen molar-refractivity contribution in [2.45, 2.75) is 51.1 Å². The minimum Gasteiger partial charge on any atom is -0.491 e. The van der Waals surface area contributed by atoms with E-state index in [4.69, 9.17) is 29.2 Å². The number of pyridine rings is 1. The minimum atomic E-state index is -1.04. The van der Waals surface area contributed by atoms with Crippen LogP contribution in [0, 0.1) is 6.92 Å². The number of carboxylic acid groups (broad SMARTS) is 1. The summed E-state index contributed by atoms with van der Waals surface area (Å²) in [7, 11) is 0. The number of carbonyl (C=O) groups excluding carboxylic acids is 2. The van der Waals surface area contributed by atoms with Gasteiger partial charge in [-0.15, -0.1) is 0 Å². The van der Waals surface area contributed by atoms with Crippen molar-refractivity contribution in [1.82, 2.24) is 15.2 Å². The number of rotatable bonds is 27. The molecular weight excluding hydrogens is 771 g/mol. The van der Waals surface area contributed by atoms with E-state index in [1.807, 2.05) is 79.7 Å². The molecule has 16 nitrogen and oxygen atoms in total. The Morgan fingerprint density at radius 3 is 2.27 bits per heavy atom. The summed E-state index contributed by atoms with van der Waals surface area (Å²) in [6, 6.07) is 21.9. The smallest absolute Gasteiger partial charge is 0.305 e. The molecule has 4 aromatic rings. The van der Waals surface area contributed by atoms with Crippen molar-refractivity contribution >= 4 is 34.4 Å². The van der Waals surface area contributed by atoms with Gasteiger partial charge in [0.25, 0.3) is 0 Å². The lowest BCUT2D eigenvalue weighted by atomic mass is 9.95. The van der Waals surface area contributed by atoms with E-state index in [-0.39, 0.29) is 24.7 Å². The van der Waals surface area contributed by atoms with Gasteiger partial charge >= 0.3 is 5.97 Å². The molecule has 0 bridgehead atoms. The fourth-order valence-corrected chi connectivity index (χ4v) is 6.93. The van der Waals surface area contributed by atoms with E-state index in [0.717, 1.165) is 39.0 Å². The lowest BCUT2D eigenvalue weighted by Crippen LogP contribution is -2.47. The number of fused-ring (bicyclic) bond motifs is 1. The second-order valence-electron chi connectivity index (χ2n) is 14.2. The van der Waals surface area contributed by atoms with Gasteiger partial charge in [0.15, 0.2) is 0 Å². The van der Waals surface area contributed by atoms with E-state index in [1.165, 1.54) is 0 Å². The van der Waals surface area contributed by atoms with Gasteiger partial charge in [0, 0.05) is 42.5 Å². The Morgan fingerprint density at radius 2 is 1.58 bits per heavy atom. The molecule has 320 valence electrons. The largest absolute Gasteiger partial charge is 0.491 e. The molecule has 2 amide bonds. The van der Waals surface area contributed by atoms with E-state index < -0.39 is 18.1 Å². The van der Waals surface area contributed by atoms with Crippen LogP contribution in [-0.4, -0.2) is 118 Å². The van der Waals surface area contributed by atoms with Gasteiger partial charge in [-0.3, -0.25) is 14.4 Å². The Hall–Kier alpha value is -5.77. The van der Waals surface area contributed by atoms with Crippen molar-refractivity contribution < 1.29 is 43.2 Å². The molecule has 2 heterocycles. The van der Waals surface area contributed by atoms with Crippen LogP contribution in [0.1, 0.15) is 49.3 Å². The van der Waals surface area contributed by atoms with Gasteiger partial charge in [-0.05, 0) is 77.6 Å². The highest BCUT2D eigenvalue weighted by Crippen LogP contribution is 2.35. The standard InChI is InChI=1S/C44H55N7O9/c1-32-16-18-47-41(30-32)46-17-4-9-42(52)51-20-5-8-39(51)44(55)49-38(31-43(53)54)34-12-10-33(11-13-34)35-14-15-40(37-7-3-2-6-36(35)37)60-29-28-59-27-26-58-25-24-57-23-22-56-21-19-48-50-45/h2-3,6-7,10-16,18,30,38-39H,4-5,8-9,17,19-29,31H2,1H3,(H,46,47)(H,49,55)(H,53,54)/t38-,39-/m0/s1. The summed E-state index contributed by atoms with van der Waals surface area (Å²) >= 11 is 0. The monoisotopic (exact) mass is 825 g/mol. The van der Waals surface area contributed by atoms with Crippen LogP contribution in [0.25, 0.3) is 32.3 Å². The van der Waals surface area contributed by atoms with Crippen LogP contribution in [0.5, 0.6) is 5.75 Å². The SMILES string of the molecule is Cc1ccnc(NCCCC(=O)N2CCC[C@H]2C(=O)N[C@@H](CC(=O)O)c2ccc(-c3ccc(OCCOCCOCCOCCOCCN=[N+]=[N-])c4ccccc34)cc2)c1. The second kappa shape index (κ2) is 25.0. The highest BCUT2D eigenvalue weighted by atomic mass is 16.6. The number of carbonyl (C=O) groups is 3. The first-order chi connectivity index (χ1) is 29.3. The van der Waals surface area contributed by atoms with Gasteiger partial charge in [0.05, 0.1) is 65.3 Å². The average molecular weight is 826 g/mol. The molecule has 3 N–H and O–H groups in total. The summed E-state index contributed by atoms with van der Waals surface area (Å²) in [5.41, 5.74) is 11.9. The first-order valence-electron chi connectivity index (χ1n) is 20.4. The quantitative estimate of drug-likeness (QED) is 0.0257. The molecule has 2 atom stereocenters. The third-order valence-electron chi connectivity index (χ3n) is 9.87. The van der Waals surface area contributed by atoms with Crippen molar-refractivity contribution in [3.8, 4) is 16.9 Å². The number of aliphatic carboxylic acids is 1. The maximum Gasteiger partial charge on any atom is 0.305 e. The van der Waals surface area contributed by atoms with Crippen molar-refractivity contribution in [2.24, 2.45) is 5.11 Å². The molecule has 5 rings (SSSR count). The Labute approximate surface area is 350 Å². The molecule has 1 aromatic heterocycles. The first-order valence-corrected chi connectivity index (χ1v) is 20.4. The molecule has 0 aliphatic carbocycles. The summed E-state index contributed by atoms with van der Waals surface area (Å²) in [4.78, 5) is 47.3. The maximum absolute atomic E-state index is 13.6. The summed E-state index contributed by atoms with van der Waals surface area (Å²) in [6.45, 7) is 7.06. The predicted molar refractivity (Wildman–Crippen MR) is 227 cm³/mol. The van der Waals surface area contributed by atoms with Crippen LogP contribution in [0.4, 0.5) is 5.82 Å². The molecule has 3 aromatic carbocycles. The summed E-state index contributed by atoms with van der Waals surface area (Å²) in [6.07, 6.45) is 3.54. The number of likely N-dealkylation sites (tertiary alicyclic amines) is 1. The zero-order valence-electron chi connectivity index (χ0n) is 34.1. The molecule has 16 heteroatoms. The zero-order chi connectivity index (χ0) is 42.4. The lowest BCUT2D eigenvalue weighted by molar-refractivity contribution is -0.140. The van der Waals surface area contributed by atoms with Crippen LogP contribution in [0.2, 0.25) is 0 Å². The molecule has 1 aliphatic heterocycles. The number of hydrogen-bond donors (Lipinski definition) is 3. The highest BCUT2D eigenvalue weighted by molar-refractivity contribution is 6.00. The van der Waals surface area contributed by atoms with Crippen LogP contribution in [0.15, 0.2) is 84.1 Å². The lowest BCUT2D eigenvalue weighted by Gasteiger charge is -2.26. The Kier molecular flexibility index (Phi) is 18.9. The fourth-order valence-electron chi connectivity index (χ4n) is 6.93. The number of aryl methyl sites for hydroxylation is 1. The van der Waals surface area contributed by atoms with E-state index >= 15 is 0 Å². The van der Waals surface area contributed by atoms with Crippen molar-refractivity contribution in [3.05, 3.63) is 101 Å². The number of azide groups is 1. The van der Waals surface area contributed by atoms with Gasteiger partial charge < -0.3 is 44.3 Å². The van der Waals surface area contributed by atoms with Gasteiger partial charge in [0.2, 0.25) is 11.8 Å². The second-order valence-corrected chi connectivity index (χ2v) is 14.2. The van der Waals surface area contributed by atoms with E-state index in [2.05, 4.69) is 25.6 Å². The van der Waals surface area contributed by atoms with Crippen molar-refractivity contribution in [3.63, 3.8) is 0 Å². The first kappa shape index (κ1) is 45.3. The molecule has 60 heavy (non-hydrogen) atoms. The third kappa shape index (κ3) is 14.5.